The number of rotatable bonds is 8. The maximum absolute atomic E-state index is 13.4. The molecule has 1 unspecified atom stereocenters. The molecule has 0 bridgehead atoms. The summed E-state index contributed by atoms with van der Waals surface area (Å²) < 4.78 is 19.3. The van der Waals surface area contributed by atoms with Gasteiger partial charge in [-0.15, -0.1) is 11.8 Å². The largest absolute Gasteiger partial charge is 0.485 e. The van der Waals surface area contributed by atoms with Gasteiger partial charge in [0.05, 0.1) is 11.1 Å². The number of hydrogen-bond donors (Lipinski definition) is 2. The second-order valence-corrected chi connectivity index (χ2v) is 8.81. The fourth-order valence-corrected chi connectivity index (χ4v) is 4.20. The van der Waals surface area contributed by atoms with Gasteiger partial charge in [-0.25, -0.2) is 4.39 Å². The second-order valence-electron chi connectivity index (χ2n) is 7.31. The van der Waals surface area contributed by atoms with Crippen LogP contribution in [0.4, 0.5) is 10.1 Å². The van der Waals surface area contributed by atoms with E-state index in [2.05, 4.69) is 11.9 Å². The summed E-state index contributed by atoms with van der Waals surface area (Å²) in [4.78, 5) is 13.7. The molecular weight excluding hydrogens is 451 g/mol. The van der Waals surface area contributed by atoms with Gasteiger partial charge in [-0.3, -0.25) is 9.79 Å². The molecule has 0 radical (unpaired) electrons. The highest BCUT2D eigenvalue weighted by Gasteiger charge is 2.19. The Morgan fingerprint density at radius 1 is 1.38 bits per heavy atom. The quantitative estimate of drug-likeness (QED) is 0.471. The number of carboxylic acids is 1. The van der Waals surface area contributed by atoms with Crippen molar-refractivity contribution >= 4 is 46.1 Å². The highest BCUT2D eigenvalue weighted by Crippen LogP contribution is 2.29. The van der Waals surface area contributed by atoms with Gasteiger partial charge in [-0.2, -0.15) is 0 Å². The topological polar surface area (TPSA) is 70.9 Å². The Morgan fingerprint density at radius 2 is 2.06 bits per heavy atom. The van der Waals surface area contributed by atoms with Crippen molar-refractivity contribution in [2.24, 2.45) is 4.99 Å². The van der Waals surface area contributed by atoms with Gasteiger partial charge in [0.15, 0.2) is 0 Å². The van der Waals surface area contributed by atoms with Gasteiger partial charge in [-0.1, -0.05) is 30.3 Å². The monoisotopic (exact) mass is 478 g/mol. The van der Waals surface area contributed by atoms with Crippen molar-refractivity contribution in [2.75, 3.05) is 24.2 Å². The van der Waals surface area contributed by atoms with Crippen molar-refractivity contribution < 1.29 is 19.0 Å². The van der Waals surface area contributed by atoms with Crippen LogP contribution in [0.2, 0.25) is 5.02 Å². The molecule has 1 aliphatic rings. The Bertz CT molecular complexity index is 993. The molecule has 2 aromatic carbocycles. The average molecular weight is 479 g/mol. The van der Waals surface area contributed by atoms with Crippen LogP contribution >= 0.6 is 23.4 Å². The Morgan fingerprint density at radius 3 is 2.75 bits per heavy atom. The van der Waals surface area contributed by atoms with Gasteiger partial charge in [0, 0.05) is 24.9 Å². The van der Waals surface area contributed by atoms with E-state index >= 15 is 0 Å². The summed E-state index contributed by atoms with van der Waals surface area (Å²) in [6, 6.07) is 8.78. The summed E-state index contributed by atoms with van der Waals surface area (Å²) in [5.41, 5.74) is 3.96. The number of aryl methyl sites for hydroxylation is 2. The second kappa shape index (κ2) is 12.5. The number of thioether (sulfide) groups is 1. The van der Waals surface area contributed by atoms with Gasteiger partial charge in [0.2, 0.25) is 0 Å². The standard InChI is InChI=1S/C22H24ClFN2OS.C2H4O2/c1-4-16-5-6-17(24)11-20(16)25-8-7-18-13-28-22(26-18)12-27-21-10-15(3)14(2)9-19(21)23;1-2(3)4/h4-6,9-11,18,25H,1,7-8,12-13H2,2-3H3;1H3,(H,3,4). The smallest absolute Gasteiger partial charge is 0.300 e. The van der Waals surface area contributed by atoms with Crippen LogP contribution in [-0.4, -0.2) is 41.1 Å². The van der Waals surface area contributed by atoms with E-state index in [0.29, 0.717) is 17.4 Å². The Hall–Kier alpha value is -2.51. The van der Waals surface area contributed by atoms with Crippen LogP contribution in [0.15, 0.2) is 41.9 Å². The summed E-state index contributed by atoms with van der Waals surface area (Å²) in [6.07, 6.45) is 2.59. The van der Waals surface area contributed by atoms with E-state index in [-0.39, 0.29) is 11.9 Å². The minimum Gasteiger partial charge on any atom is -0.485 e. The van der Waals surface area contributed by atoms with Crippen LogP contribution in [0.3, 0.4) is 0 Å². The van der Waals surface area contributed by atoms with E-state index in [0.717, 1.165) is 53.1 Å². The van der Waals surface area contributed by atoms with Crippen molar-refractivity contribution in [3.05, 3.63) is 64.4 Å². The molecular formula is C24H28ClFN2O3S. The van der Waals surface area contributed by atoms with Crippen molar-refractivity contribution in [3.63, 3.8) is 0 Å². The summed E-state index contributed by atoms with van der Waals surface area (Å²) in [6.45, 7) is 10.1. The average Bonchev–Trinajstić information content (AvgIpc) is 3.17. The summed E-state index contributed by atoms with van der Waals surface area (Å²) in [5, 5.41) is 12.3. The molecule has 3 rings (SSSR count). The first kappa shape index (κ1) is 25.7. The van der Waals surface area contributed by atoms with Gasteiger partial charge in [-0.05, 0) is 61.2 Å². The lowest BCUT2D eigenvalue weighted by Crippen LogP contribution is -2.12. The number of benzene rings is 2. The lowest BCUT2D eigenvalue weighted by atomic mass is 10.1. The summed E-state index contributed by atoms with van der Waals surface area (Å²) in [5.74, 6) is 0.534. The summed E-state index contributed by atoms with van der Waals surface area (Å²) in [7, 11) is 0. The molecule has 0 spiro atoms. The normalized spacial score (nSPS) is 14.8. The number of hydrogen-bond acceptors (Lipinski definition) is 5. The van der Waals surface area contributed by atoms with Crippen molar-refractivity contribution in [2.45, 2.75) is 33.2 Å². The van der Waals surface area contributed by atoms with E-state index in [4.69, 9.17) is 31.2 Å². The first-order chi connectivity index (χ1) is 15.2. The van der Waals surface area contributed by atoms with Crippen molar-refractivity contribution in [1.82, 2.24) is 0 Å². The van der Waals surface area contributed by atoms with Gasteiger partial charge in [0.1, 0.15) is 23.2 Å². The molecule has 0 aromatic heterocycles. The predicted octanol–water partition coefficient (Wildman–Crippen LogP) is 6.22. The number of ether oxygens (including phenoxy) is 1. The lowest BCUT2D eigenvalue weighted by molar-refractivity contribution is -0.134. The van der Waals surface area contributed by atoms with E-state index < -0.39 is 5.97 Å². The predicted molar refractivity (Wildman–Crippen MR) is 133 cm³/mol. The van der Waals surface area contributed by atoms with E-state index in [9.17, 15) is 4.39 Å². The number of aliphatic carboxylic acids is 1. The van der Waals surface area contributed by atoms with Crippen LogP contribution in [0.1, 0.15) is 30.0 Å². The molecule has 2 N–H and O–H groups in total. The molecule has 8 heteroatoms. The number of anilines is 1. The Kier molecular flexibility index (Phi) is 10.1. The molecule has 32 heavy (non-hydrogen) atoms. The fraction of sp³-hybridized carbons (Fsp3) is 0.333. The maximum Gasteiger partial charge on any atom is 0.300 e. The zero-order chi connectivity index (χ0) is 23.7. The van der Waals surface area contributed by atoms with E-state index in [1.165, 1.54) is 12.1 Å². The van der Waals surface area contributed by atoms with Crippen molar-refractivity contribution in [1.29, 1.82) is 0 Å². The number of aliphatic imine (C=N–C) groups is 1. The molecule has 5 nitrogen and oxygen atoms in total. The molecule has 1 atom stereocenters. The first-order valence-electron chi connectivity index (χ1n) is 10.1. The van der Waals surface area contributed by atoms with Crippen LogP contribution in [0.25, 0.3) is 6.08 Å². The molecule has 0 aliphatic carbocycles. The molecule has 172 valence electrons. The van der Waals surface area contributed by atoms with Crippen LogP contribution in [-0.2, 0) is 4.79 Å². The minimum absolute atomic E-state index is 0.229. The third-order valence-corrected chi connectivity index (χ3v) is 6.10. The Balaban J connectivity index is 0.000000837. The highest BCUT2D eigenvalue weighted by atomic mass is 35.5. The third-order valence-electron chi connectivity index (χ3n) is 4.70. The van der Waals surface area contributed by atoms with E-state index in [1.807, 2.05) is 26.0 Å². The van der Waals surface area contributed by atoms with Crippen LogP contribution < -0.4 is 10.1 Å². The number of nitrogens with zero attached hydrogens (tertiary/aromatic N) is 1. The van der Waals surface area contributed by atoms with Gasteiger partial charge < -0.3 is 15.2 Å². The molecule has 0 saturated heterocycles. The lowest BCUT2D eigenvalue weighted by Gasteiger charge is -2.11. The number of halogens is 2. The molecule has 1 heterocycles. The fourth-order valence-electron chi connectivity index (χ4n) is 2.93. The Labute approximate surface area is 197 Å². The molecule has 0 fully saturated rings. The highest BCUT2D eigenvalue weighted by molar-refractivity contribution is 8.14. The van der Waals surface area contributed by atoms with Crippen LogP contribution in [0.5, 0.6) is 5.75 Å². The molecule has 0 amide bonds. The molecule has 1 aliphatic heterocycles. The first-order valence-corrected chi connectivity index (χ1v) is 11.5. The molecule has 2 aromatic rings. The number of carboxylic acid groups (broad SMARTS) is 1. The van der Waals surface area contributed by atoms with E-state index in [1.54, 1.807) is 23.9 Å². The van der Waals surface area contributed by atoms with Gasteiger partial charge >= 0.3 is 0 Å². The maximum atomic E-state index is 13.4. The molecule has 0 saturated carbocycles. The SMILES string of the molecule is C=Cc1ccc(F)cc1NCCC1CSC(COc2cc(C)c(C)cc2Cl)=N1.CC(=O)O. The minimum atomic E-state index is -0.833. The number of nitrogens with one attached hydrogen (secondary N) is 1. The summed E-state index contributed by atoms with van der Waals surface area (Å²) >= 11 is 7.98. The zero-order valence-electron chi connectivity index (χ0n) is 18.5. The van der Waals surface area contributed by atoms with Crippen molar-refractivity contribution in [3.8, 4) is 5.75 Å². The third kappa shape index (κ3) is 8.20. The van der Waals surface area contributed by atoms with Crippen LogP contribution in [0, 0.1) is 19.7 Å². The zero-order valence-corrected chi connectivity index (χ0v) is 20.0. The van der Waals surface area contributed by atoms with Gasteiger partial charge in [0.25, 0.3) is 5.97 Å². The number of carbonyl (C=O) groups is 1.